The van der Waals surface area contributed by atoms with Crippen LogP contribution in [0.25, 0.3) is 0 Å². The number of nitrogens with one attached hydrogen (secondary N) is 1. The van der Waals surface area contributed by atoms with E-state index >= 15 is 0 Å². The summed E-state index contributed by atoms with van der Waals surface area (Å²) >= 11 is 6.05. The minimum absolute atomic E-state index is 0.0560. The van der Waals surface area contributed by atoms with E-state index in [1.165, 1.54) is 0 Å². The molecule has 0 bridgehead atoms. The molecule has 0 unspecified atom stereocenters. The molecule has 0 aliphatic carbocycles. The maximum Gasteiger partial charge on any atom is 0.245 e. The van der Waals surface area contributed by atoms with Gasteiger partial charge in [-0.1, -0.05) is 29.8 Å². The topological polar surface area (TPSA) is 49.4 Å². The van der Waals surface area contributed by atoms with Gasteiger partial charge >= 0.3 is 0 Å². The van der Waals surface area contributed by atoms with Gasteiger partial charge in [-0.15, -0.1) is 0 Å². The Kier molecular flexibility index (Phi) is 3.87. The molecule has 0 spiro atoms. The van der Waals surface area contributed by atoms with Crippen molar-refractivity contribution in [3.8, 4) is 0 Å². The van der Waals surface area contributed by atoms with Gasteiger partial charge in [0.25, 0.3) is 0 Å². The van der Waals surface area contributed by atoms with Crippen molar-refractivity contribution in [3.63, 3.8) is 0 Å². The van der Waals surface area contributed by atoms with E-state index in [1.54, 1.807) is 18.0 Å². The molecule has 1 N–H and O–H groups in total. The van der Waals surface area contributed by atoms with Gasteiger partial charge in [0.15, 0.2) is 0 Å². The molecule has 0 saturated carbocycles. The molecule has 1 aliphatic rings. The maximum absolute atomic E-state index is 12.1. The molecule has 1 aromatic carbocycles. The van der Waals surface area contributed by atoms with Gasteiger partial charge in [-0.25, -0.2) is 0 Å². The summed E-state index contributed by atoms with van der Waals surface area (Å²) in [6.45, 7) is 0.449. The first-order valence-corrected chi connectivity index (χ1v) is 6.23. The molecule has 2 amide bonds. The molecular weight excluding hydrogens is 252 g/mol. The lowest BCUT2D eigenvalue weighted by molar-refractivity contribution is -0.133. The second kappa shape index (κ2) is 5.40. The van der Waals surface area contributed by atoms with Gasteiger partial charge in [0.1, 0.15) is 6.04 Å². The van der Waals surface area contributed by atoms with Gasteiger partial charge in [-0.2, -0.15) is 0 Å². The summed E-state index contributed by atoms with van der Waals surface area (Å²) in [6.07, 6.45) is 1.00. The van der Waals surface area contributed by atoms with Crippen molar-refractivity contribution >= 4 is 23.4 Å². The number of likely N-dealkylation sites (N-methyl/N-ethyl adjacent to an activating group) is 1. The number of rotatable bonds is 3. The normalized spacial score (nSPS) is 18.6. The highest BCUT2D eigenvalue weighted by molar-refractivity contribution is 6.31. The minimum atomic E-state index is -0.384. The van der Waals surface area contributed by atoms with Gasteiger partial charge in [-0.3, -0.25) is 9.59 Å². The molecule has 1 aliphatic heterocycles. The fourth-order valence-electron chi connectivity index (χ4n) is 2.03. The Balaban J connectivity index is 2.00. The van der Waals surface area contributed by atoms with Crippen LogP contribution in [0.1, 0.15) is 18.4 Å². The van der Waals surface area contributed by atoms with Crippen LogP contribution in [0.2, 0.25) is 5.02 Å². The molecule has 18 heavy (non-hydrogen) atoms. The van der Waals surface area contributed by atoms with E-state index in [1.807, 2.05) is 18.2 Å². The Bertz CT molecular complexity index is 476. The number of halogens is 1. The van der Waals surface area contributed by atoms with Crippen LogP contribution >= 0.6 is 11.6 Å². The summed E-state index contributed by atoms with van der Waals surface area (Å²) in [5.41, 5.74) is 0.902. The van der Waals surface area contributed by atoms with Crippen molar-refractivity contribution in [3.05, 3.63) is 34.9 Å². The van der Waals surface area contributed by atoms with E-state index < -0.39 is 0 Å². The van der Waals surface area contributed by atoms with E-state index in [-0.39, 0.29) is 17.9 Å². The smallest absolute Gasteiger partial charge is 0.245 e. The molecule has 1 atom stereocenters. The monoisotopic (exact) mass is 266 g/mol. The average molecular weight is 267 g/mol. The van der Waals surface area contributed by atoms with Crippen LogP contribution in [0.15, 0.2) is 24.3 Å². The van der Waals surface area contributed by atoms with Crippen molar-refractivity contribution in [1.29, 1.82) is 0 Å². The molecule has 1 saturated heterocycles. The fourth-order valence-corrected chi connectivity index (χ4v) is 2.22. The highest BCUT2D eigenvalue weighted by atomic mass is 35.5. The summed E-state index contributed by atoms with van der Waals surface area (Å²) in [7, 11) is 1.72. The summed E-state index contributed by atoms with van der Waals surface area (Å²) in [5, 5.41) is 3.32. The summed E-state index contributed by atoms with van der Waals surface area (Å²) in [5.74, 6) is -0.125. The van der Waals surface area contributed by atoms with Crippen molar-refractivity contribution < 1.29 is 9.59 Å². The SMILES string of the molecule is CN(Cc1ccccc1Cl)C(=O)[C@H]1CCC(=O)N1. The Hall–Kier alpha value is -1.55. The van der Waals surface area contributed by atoms with Crippen molar-refractivity contribution in [2.75, 3.05) is 7.05 Å². The number of amides is 2. The Labute approximate surface area is 111 Å². The average Bonchev–Trinajstić information content (AvgIpc) is 2.78. The first kappa shape index (κ1) is 12.9. The molecule has 5 heteroatoms. The lowest BCUT2D eigenvalue weighted by atomic mass is 10.1. The first-order chi connectivity index (χ1) is 8.58. The molecular formula is C13H15ClN2O2. The van der Waals surface area contributed by atoms with Crippen molar-refractivity contribution in [2.24, 2.45) is 0 Å². The molecule has 0 aromatic heterocycles. The van der Waals surface area contributed by atoms with Crippen LogP contribution in [0.4, 0.5) is 0 Å². The molecule has 1 aromatic rings. The zero-order valence-electron chi connectivity index (χ0n) is 10.1. The third-order valence-electron chi connectivity index (χ3n) is 3.03. The standard InChI is InChI=1S/C13H15ClN2O2/c1-16(8-9-4-2-3-5-10(9)14)13(18)11-6-7-12(17)15-11/h2-5,11H,6-8H2,1H3,(H,15,17)/t11-/m1/s1. The number of hydrogen-bond donors (Lipinski definition) is 1. The zero-order valence-corrected chi connectivity index (χ0v) is 10.9. The molecule has 1 fully saturated rings. The van der Waals surface area contributed by atoms with E-state index in [9.17, 15) is 9.59 Å². The largest absolute Gasteiger partial charge is 0.344 e. The third-order valence-corrected chi connectivity index (χ3v) is 3.40. The van der Waals surface area contributed by atoms with E-state index in [4.69, 9.17) is 11.6 Å². The highest BCUT2D eigenvalue weighted by Crippen LogP contribution is 2.17. The van der Waals surface area contributed by atoms with Crippen LogP contribution in [0.5, 0.6) is 0 Å². The van der Waals surface area contributed by atoms with Gasteiger partial charge in [0.2, 0.25) is 11.8 Å². The summed E-state index contributed by atoms with van der Waals surface area (Å²) in [6, 6.07) is 7.04. The van der Waals surface area contributed by atoms with Gasteiger partial charge in [-0.05, 0) is 18.1 Å². The van der Waals surface area contributed by atoms with E-state index in [0.717, 1.165) is 5.56 Å². The molecule has 96 valence electrons. The molecule has 2 rings (SSSR count). The molecule has 0 radical (unpaired) electrons. The molecule has 4 nitrogen and oxygen atoms in total. The van der Waals surface area contributed by atoms with Crippen molar-refractivity contribution in [2.45, 2.75) is 25.4 Å². The maximum atomic E-state index is 12.1. The summed E-state index contributed by atoms with van der Waals surface area (Å²) in [4.78, 5) is 24.8. The number of carbonyl (C=O) groups is 2. The van der Waals surface area contributed by atoms with Gasteiger partial charge in [0.05, 0.1) is 0 Å². The van der Waals surface area contributed by atoms with E-state index in [0.29, 0.717) is 24.4 Å². The number of benzene rings is 1. The van der Waals surface area contributed by atoms with Crippen molar-refractivity contribution in [1.82, 2.24) is 10.2 Å². The minimum Gasteiger partial charge on any atom is -0.344 e. The lowest BCUT2D eigenvalue weighted by Gasteiger charge is -2.21. The van der Waals surface area contributed by atoms with Crippen LogP contribution in [-0.4, -0.2) is 29.8 Å². The van der Waals surface area contributed by atoms with Crippen LogP contribution in [0.3, 0.4) is 0 Å². The van der Waals surface area contributed by atoms with Gasteiger partial charge < -0.3 is 10.2 Å². The predicted molar refractivity (Wildman–Crippen MR) is 69.1 cm³/mol. The fraction of sp³-hybridized carbons (Fsp3) is 0.385. The van der Waals surface area contributed by atoms with Gasteiger partial charge in [0, 0.05) is 25.0 Å². The van der Waals surface area contributed by atoms with Crippen LogP contribution < -0.4 is 5.32 Å². The first-order valence-electron chi connectivity index (χ1n) is 5.85. The summed E-state index contributed by atoms with van der Waals surface area (Å²) < 4.78 is 0. The predicted octanol–water partition coefficient (Wildman–Crippen LogP) is 1.58. The number of hydrogen-bond acceptors (Lipinski definition) is 2. The Morgan fingerprint density at radius 1 is 1.50 bits per heavy atom. The third kappa shape index (κ3) is 2.82. The number of nitrogens with zero attached hydrogens (tertiary/aromatic N) is 1. The second-order valence-electron chi connectivity index (χ2n) is 4.44. The lowest BCUT2D eigenvalue weighted by Crippen LogP contribution is -2.42. The highest BCUT2D eigenvalue weighted by Gasteiger charge is 2.29. The second-order valence-corrected chi connectivity index (χ2v) is 4.85. The van der Waals surface area contributed by atoms with Crippen LogP contribution in [0, 0.1) is 0 Å². The van der Waals surface area contributed by atoms with E-state index in [2.05, 4.69) is 5.32 Å². The number of carbonyl (C=O) groups excluding carboxylic acids is 2. The Morgan fingerprint density at radius 2 is 2.22 bits per heavy atom. The molecule has 1 heterocycles. The quantitative estimate of drug-likeness (QED) is 0.903. The Morgan fingerprint density at radius 3 is 2.83 bits per heavy atom. The zero-order chi connectivity index (χ0) is 13.1. The van der Waals surface area contributed by atoms with Crippen LogP contribution in [-0.2, 0) is 16.1 Å².